The number of hydrogen-bond acceptors (Lipinski definition) is 4. The third-order valence-corrected chi connectivity index (χ3v) is 2.18. The number of rotatable bonds is 5. The molecule has 0 aromatic heterocycles. The zero-order chi connectivity index (χ0) is 10.7. The summed E-state index contributed by atoms with van der Waals surface area (Å²) in [6.45, 7) is 5.40. The van der Waals surface area contributed by atoms with E-state index in [4.69, 9.17) is 0 Å². The van der Waals surface area contributed by atoms with Gasteiger partial charge in [0.25, 0.3) is 10.9 Å². The highest BCUT2D eigenvalue weighted by atomic mass is 16.2. The van der Waals surface area contributed by atoms with Gasteiger partial charge in [-0.15, -0.1) is 0 Å². The molecule has 1 aromatic rings. The highest BCUT2D eigenvalue weighted by Crippen LogP contribution is 2.18. The summed E-state index contributed by atoms with van der Waals surface area (Å²) in [6, 6.07) is 0. The number of nitrogens with one attached hydrogen (secondary N) is 1. The van der Waals surface area contributed by atoms with Gasteiger partial charge in [0.05, 0.1) is 0 Å². The standard InChI is InChI=1S/C10H16N2O2/c1-4-6-12(3)8-7(11-5-2)9(13)10(8)14/h11H,4-6H2,1-3H3. The summed E-state index contributed by atoms with van der Waals surface area (Å²) in [5, 5.41) is 2.92. The minimum absolute atomic E-state index is 0.364. The van der Waals surface area contributed by atoms with Crippen LogP contribution in [0.1, 0.15) is 20.3 Å². The topological polar surface area (TPSA) is 49.4 Å². The molecule has 0 spiro atoms. The van der Waals surface area contributed by atoms with Gasteiger partial charge in [0, 0.05) is 20.1 Å². The number of hydrogen-bond donors (Lipinski definition) is 1. The van der Waals surface area contributed by atoms with E-state index in [0.717, 1.165) is 13.0 Å². The van der Waals surface area contributed by atoms with Gasteiger partial charge in [-0.2, -0.15) is 0 Å². The maximum absolute atomic E-state index is 11.3. The fourth-order valence-electron chi connectivity index (χ4n) is 1.53. The van der Waals surface area contributed by atoms with Gasteiger partial charge in [-0.25, -0.2) is 0 Å². The van der Waals surface area contributed by atoms with Crippen molar-refractivity contribution in [3.05, 3.63) is 20.4 Å². The quantitative estimate of drug-likeness (QED) is 0.699. The van der Waals surface area contributed by atoms with Crippen molar-refractivity contribution in [2.45, 2.75) is 20.3 Å². The van der Waals surface area contributed by atoms with Crippen molar-refractivity contribution in [2.75, 3.05) is 30.4 Å². The average molecular weight is 196 g/mol. The molecule has 0 amide bonds. The molecule has 0 aliphatic heterocycles. The summed E-state index contributed by atoms with van der Waals surface area (Å²) in [6.07, 6.45) is 0.959. The Morgan fingerprint density at radius 3 is 2.36 bits per heavy atom. The minimum atomic E-state index is -0.384. The molecule has 1 aromatic carbocycles. The Labute approximate surface area is 83.2 Å². The molecule has 0 bridgehead atoms. The van der Waals surface area contributed by atoms with Gasteiger partial charge in [-0.3, -0.25) is 9.59 Å². The summed E-state index contributed by atoms with van der Waals surface area (Å²) in [5.74, 6) is 0. The first kappa shape index (κ1) is 10.8. The molecule has 14 heavy (non-hydrogen) atoms. The van der Waals surface area contributed by atoms with Crippen LogP contribution in [0.5, 0.6) is 0 Å². The predicted octanol–water partition coefficient (Wildman–Crippen LogP) is 0.561. The van der Waals surface area contributed by atoms with Crippen LogP contribution in [0.25, 0.3) is 0 Å². The van der Waals surface area contributed by atoms with Crippen LogP contribution >= 0.6 is 0 Å². The summed E-state index contributed by atoms with van der Waals surface area (Å²) in [5.41, 5.74) is 0.272. The van der Waals surface area contributed by atoms with Gasteiger partial charge >= 0.3 is 0 Å². The van der Waals surface area contributed by atoms with E-state index in [0.29, 0.717) is 17.9 Å². The maximum atomic E-state index is 11.3. The lowest BCUT2D eigenvalue weighted by atomic mass is 10.1. The Morgan fingerprint density at radius 2 is 1.86 bits per heavy atom. The predicted molar refractivity (Wildman–Crippen MR) is 59.1 cm³/mol. The molecule has 4 heteroatoms. The number of anilines is 2. The Morgan fingerprint density at radius 1 is 1.21 bits per heavy atom. The highest BCUT2D eigenvalue weighted by molar-refractivity contribution is 5.74. The Hall–Kier alpha value is -1.32. The normalized spacial score (nSPS) is 10.5. The summed E-state index contributed by atoms with van der Waals surface area (Å²) in [7, 11) is 1.83. The van der Waals surface area contributed by atoms with E-state index < -0.39 is 0 Å². The van der Waals surface area contributed by atoms with Crippen molar-refractivity contribution in [1.29, 1.82) is 0 Å². The molecule has 0 fully saturated rings. The molecule has 0 heterocycles. The van der Waals surface area contributed by atoms with Gasteiger partial charge in [0.2, 0.25) is 0 Å². The van der Waals surface area contributed by atoms with Crippen LogP contribution in [0.4, 0.5) is 11.4 Å². The van der Waals surface area contributed by atoms with E-state index >= 15 is 0 Å². The first-order chi connectivity index (χ1) is 6.63. The highest BCUT2D eigenvalue weighted by Gasteiger charge is 2.22. The van der Waals surface area contributed by atoms with Crippen molar-refractivity contribution in [2.24, 2.45) is 0 Å². The molecule has 0 atom stereocenters. The van der Waals surface area contributed by atoms with Crippen molar-refractivity contribution in [1.82, 2.24) is 0 Å². The largest absolute Gasteiger partial charge is 0.380 e. The van der Waals surface area contributed by atoms with Gasteiger partial charge in [0.15, 0.2) is 0 Å². The van der Waals surface area contributed by atoms with E-state index in [1.165, 1.54) is 0 Å². The Kier molecular flexibility index (Phi) is 3.28. The average Bonchev–Trinajstić information content (AvgIpc) is 2.17. The molecule has 1 N–H and O–H groups in total. The van der Waals surface area contributed by atoms with E-state index in [9.17, 15) is 9.59 Å². The van der Waals surface area contributed by atoms with Crippen molar-refractivity contribution < 1.29 is 0 Å². The molecular weight excluding hydrogens is 180 g/mol. The molecule has 0 aliphatic rings. The van der Waals surface area contributed by atoms with Crippen LogP contribution in [0, 0.1) is 0 Å². The number of nitrogens with zero attached hydrogens (tertiary/aromatic N) is 1. The molecule has 78 valence electrons. The third kappa shape index (κ3) is 1.64. The van der Waals surface area contributed by atoms with E-state index in [1.54, 1.807) is 0 Å². The van der Waals surface area contributed by atoms with Crippen LogP contribution in [-0.4, -0.2) is 20.1 Å². The molecule has 1 rings (SSSR count). The van der Waals surface area contributed by atoms with Gasteiger partial charge in [0.1, 0.15) is 11.4 Å². The monoisotopic (exact) mass is 196 g/mol. The van der Waals surface area contributed by atoms with Crippen LogP contribution < -0.4 is 21.1 Å². The maximum Gasteiger partial charge on any atom is 0.253 e. The Bertz CT molecular complexity index is 377. The van der Waals surface area contributed by atoms with Crippen LogP contribution in [-0.2, 0) is 0 Å². The SMILES string of the molecule is CCCN(C)c1c(NCC)c(=O)c1=O. The van der Waals surface area contributed by atoms with Crippen LogP contribution in [0.2, 0.25) is 0 Å². The minimum Gasteiger partial charge on any atom is -0.380 e. The molecule has 0 unspecified atom stereocenters. The third-order valence-electron chi connectivity index (χ3n) is 2.18. The zero-order valence-electron chi connectivity index (χ0n) is 8.89. The smallest absolute Gasteiger partial charge is 0.253 e. The zero-order valence-corrected chi connectivity index (χ0v) is 8.89. The molecule has 0 aliphatic carbocycles. The first-order valence-corrected chi connectivity index (χ1v) is 4.91. The lowest BCUT2D eigenvalue weighted by Gasteiger charge is -2.22. The fourth-order valence-corrected chi connectivity index (χ4v) is 1.53. The molecule has 0 saturated carbocycles. The first-order valence-electron chi connectivity index (χ1n) is 4.91. The lowest BCUT2D eigenvalue weighted by molar-refractivity contribution is 0.844. The van der Waals surface area contributed by atoms with Gasteiger partial charge < -0.3 is 10.2 Å². The van der Waals surface area contributed by atoms with Gasteiger partial charge in [-0.05, 0) is 13.3 Å². The summed E-state index contributed by atoms with van der Waals surface area (Å²) < 4.78 is 0. The second-order valence-electron chi connectivity index (χ2n) is 3.33. The molecular formula is C10H16N2O2. The van der Waals surface area contributed by atoms with E-state index in [1.807, 2.05) is 25.8 Å². The van der Waals surface area contributed by atoms with Gasteiger partial charge in [-0.1, -0.05) is 6.92 Å². The Balaban J connectivity index is 2.92. The van der Waals surface area contributed by atoms with Crippen molar-refractivity contribution in [3.63, 3.8) is 0 Å². The van der Waals surface area contributed by atoms with Crippen molar-refractivity contribution in [3.8, 4) is 0 Å². The van der Waals surface area contributed by atoms with Crippen LogP contribution in [0.3, 0.4) is 0 Å². The fraction of sp³-hybridized carbons (Fsp3) is 0.600. The summed E-state index contributed by atoms with van der Waals surface area (Å²) in [4.78, 5) is 24.3. The van der Waals surface area contributed by atoms with Crippen molar-refractivity contribution >= 4 is 11.4 Å². The molecule has 4 nitrogen and oxygen atoms in total. The molecule has 0 saturated heterocycles. The summed E-state index contributed by atoms with van der Waals surface area (Å²) >= 11 is 0. The van der Waals surface area contributed by atoms with E-state index in [2.05, 4.69) is 5.32 Å². The lowest BCUT2D eigenvalue weighted by Crippen LogP contribution is -2.41. The second kappa shape index (κ2) is 4.26. The van der Waals surface area contributed by atoms with E-state index in [-0.39, 0.29) is 10.9 Å². The van der Waals surface area contributed by atoms with Crippen LogP contribution in [0.15, 0.2) is 9.59 Å². The molecule has 0 radical (unpaired) electrons. The second-order valence-corrected chi connectivity index (χ2v) is 3.33.